The Kier molecular flexibility index (Phi) is 5.59. The molecule has 8 heteroatoms. The highest BCUT2D eigenvalue weighted by Crippen LogP contribution is 2.28. The van der Waals surface area contributed by atoms with Gasteiger partial charge in [-0.05, 0) is 48.4 Å². The minimum atomic E-state index is -0.291. The first kappa shape index (κ1) is 20.2. The average molecular weight is 425 g/mol. The quantitative estimate of drug-likeness (QED) is 0.437. The zero-order chi connectivity index (χ0) is 21.3. The lowest BCUT2D eigenvalue weighted by atomic mass is 10.1. The Morgan fingerprint density at radius 3 is 2.67 bits per heavy atom. The molecule has 6 nitrogen and oxygen atoms in total. The summed E-state index contributed by atoms with van der Waals surface area (Å²) in [6.45, 7) is 2.45. The van der Waals surface area contributed by atoms with Gasteiger partial charge in [0.1, 0.15) is 11.6 Å². The Morgan fingerprint density at radius 2 is 1.93 bits per heavy atom. The molecule has 0 saturated heterocycles. The summed E-state index contributed by atoms with van der Waals surface area (Å²) in [7, 11) is 3.36. The third kappa shape index (κ3) is 3.95. The lowest BCUT2D eigenvalue weighted by Crippen LogP contribution is -2.27. The molecular weight excluding hydrogens is 403 g/mol. The number of pyridine rings is 1. The van der Waals surface area contributed by atoms with Crippen LogP contribution in [0.25, 0.3) is 16.6 Å². The molecular formula is C22H21FN4O2S. The van der Waals surface area contributed by atoms with Crippen molar-refractivity contribution in [1.82, 2.24) is 19.5 Å². The Morgan fingerprint density at radius 1 is 1.17 bits per heavy atom. The predicted molar refractivity (Wildman–Crippen MR) is 115 cm³/mol. The fourth-order valence-corrected chi connectivity index (χ4v) is 4.20. The molecule has 0 saturated carbocycles. The second-order valence-electron chi connectivity index (χ2n) is 7.05. The van der Waals surface area contributed by atoms with E-state index in [1.165, 1.54) is 23.9 Å². The molecule has 154 valence electrons. The Balaban J connectivity index is 1.55. The SMILES string of the molecule is COc1ccc2c(C)cc3nnc(SCC(=O)N(C)Cc4ccc(F)cc4)n3c2c1. The first-order chi connectivity index (χ1) is 14.5. The number of halogens is 1. The maximum absolute atomic E-state index is 13.1. The van der Waals surface area contributed by atoms with Gasteiger partial charge in [-0.1, -0.05) is 23.9 Å². The van der Waals surface area contributed by atoms with Crippen LogP contribution in [0.3, 0.4) is 0 Å². The predicted octanol–water partition coefficient (Wildman–Crippen LogP) is 4.09. The number of rotatable bonds is 6. The maximum Gasteiger partial charge on any atom is 0.233 e. The van der Waals surface area contributed by atoms with E-state index in [1.54, 1.807) is 31.2 Å². The minimum absolute atomic E-state index is 0.0462. The van der Waals surface area contributed by atoms with Gasteiger partial charge in [0.05, 0.1) is 18.4 Å². The molecule has 0 spiro atoms. The summed E-state index contributed by atoms with van der Waals surface area (Å²) in [6.07, 6.45) is 0. The van der Waals surface area contributed by atoms with Crippen LogP contribution in [0.4, 0.5) is 4.39 Å². The minimum Gasteiger partial charge on any atom is -0.497 e. The number of hydrogen-bond acceptors (Lipinski definition) is 5. The van der Waals surface area contributed by atoms with Crippen molar-refractivity contribution in [3.63, 3.8) is 0 Å². The molecule has 0 aliphatic rings. The molecule has 30 heavy (non-hydrogen) atoms. The fourth-order valence-electron chi connectivity index (χ4n) is 3.31. The van der Waals surface area contributed by atoms with Crippen LogP contribution >= 0.6 is 11.8 Å². The summed E-state index contributed by atoms with van der Waals surface area (Å²) >= 11 is 1.34. The van der Waals surface area contributed by atoms with Crippen molar-refractivity contribution in [2.75, 3.05) is 19.9 Å². The summed E-state index contributed by atoms with van der Waals surface area (Å²) in [4.78, 5) is 14.2. The lowest BCUT2D eigenvalue weighted by molar-refractivity contribution is -0.127. The van der Waals surface area contributed by atoms with Crippen LogP contribution in [-0.2, 0) is 11.3 Å². The molecule has 4 aromatic rings. The first-order valence-electron chi connectivity index (χ1n) is 9.40. The molecule has 0 atom stereocenters. The van der Waals surface area contributed by atoms with E-state index < -0.39 is 0 Å². The number of methoxy groups -OCH3 is 1. The molecule has 0 radical (unpaired) electrons. The van der Waals surface area contributed by atoms with E-state index >= 15 is 0 Å². The summed E-state index contributed by atoms with van der Waals surface area (Å²) in [5, 5.41) is 10.3. The Bertz CT molecular complexity index is 1220. The van der Waals surface area contributed by atoms with Crippen molar-refractivity contribution < 1.29 is 13.9 Å². The molecule has 0 aliphatic carbocycles. The van der Waals surface area contributed by atoms with Crippen molar-refractivity contribution in [2.24, 2.45) is 0 Å². The van der Waals surface area contributed by atoms with E-state index in [2.05, 4.69) is 10.2 Å². The zero-order valence-corrected chi connectivity index (χ0v) is 17.7. The lowest BCUT2D eigenvalue weighted by Gasteiger charge is -2.17. The van der Waals surface area contributed by atoms with Gasteiger partial charge in [0.25, 0.3) is 0 Å². The highest BCUT2D eigenvalue weighted by molar-refractivity contribution is 7.99. The number of hydrogen-bond donors (Lipinski definition) is 0. The average Bonchev–Trinajstić information content (AvgIpc) is 3.16. The summed E-state index contributed by atoms with van der Waals surface area (Å²) < 4.78 is 20.4. The molecule has 0 N–H and O–H groups in total. The van der Waals surface area contributed by atoms with Crippen LogP contribution in [0, 0.1) is 12.7 Å². The molecule has 2 aromatic carbocycles. The summed E-state index contributed by atoms with van der Waals surface area (Å²) in [6, 6.07) is 14.0. The highest BCUT2D eigenvalue weighted by Gasteiger charge is 2.16. The molecule has 4 rings (SSSR count). The van der Waals surface area contributed by atoms with Crippen LogP contribution in [0.5, 0.6) is 5.75 Å². The normalized spacial score (nSPS) is 11.2. The van der Waals surface area contributed by atoms with E-state index in [9.17, 15) is 9.18 Å². The number of aromatic nitrogens is 3. The van der Waals surface area contributed by atoms with Gasteiger partial charge < -0.3 is 9.64 Å². The van der Waals surface area contributed by atoms with Crippen molar-refractivity contribution in [2.45, 2.75) is 18.6 Å². The number of benzene rings is 2. The monoisotopic (exact) mass is 424 g/mol. The Hall–Kier alpha value is -3.13. The number of aryl methyl sites for hydroxylation is 1. The molecule has 1 amide bonds. The standard InChI is InChI=1S/C22H21FN4O2S/c1-14-10-20-24-25-22(27(20)19-11-17(29-3)8-9-18(14)19)30-13-21(28)26(2)12-15-4-6-16(23)7-5-15/h4-11H,12-13H2,1-3H3. The number of carbonyl (C=O) groups excluding carboxylic acids is 1. The van der Waals surface area contributed by atoms with Gasteiger partial charge in [0.15, 0.2) is 10.8 Å². The van der Waals surface area contributed by atoms with E-state index in [0.717, 1.165) is 33.4 Å². The van der Waals surface area contributed by atoms with E-state index in [0.29, 0.717) is 11.7 Å². The number of amides is 1. The second kappa shape index (κ2) is 8.31. The van der Waals surface area contributed by atoms with Gasteiger partial charge in [-0.25, -0.2) is 4.39 Å². The second-order valence-corrected chi connectivity index (χ2v) is 7.99. The molecule has 2 aromatic heterocycles. The number of fused-ring (bicyclic) bond motifs is 3. The smallest absolute Gasteiger partial charge is 0.233 e. The zero-order valence-electron chi connectivity index (χ0n) is 16.9. The largest absolute Gasteiger partial charge is 0.497 e. The van der Waals surface area contributed by atoms with Crippen LogP contribution in [0.1, 0.15) is 11.1 Å². The number of carbonyl (C=O) groups is 1. The topological polar surface area (TPSA) is 59.7 Å². The van der Waals surface area contributed by atoms with E-state index in [1.807, 2.05) is 35.6 Å². The highest BCUT2D eigenvalue weighted by atomic mass is 32.2. The number of ether oxygens (including phenoxy) is 1. The van der Waals surface area contributed by atoms with E-state index in [-0.39, 0.29) is 17.5 Å². The van der Waals surface area contributed by atoms with Crippen molar-refractivity contribution in [1.29, 1.82) is 0 Å². The van der Waals surface area contributed by atoms with Gasteiger partial charge in [0, 0.05) is 25.0 Å². The number of thioether (sulfide) groups is 1. The van der Waals surface area contributed by atoms with Crippen LogP contribution in [0.15, 0.2) is 53.7 Å². The van der Waals surface area contributed by atoms with Gasteiger partial charge in [0.2, 0.25) is 5.91 Å². The third-order valence-electron chi connectivity index (χ3n) is 4.96. The first-order valence-corrected chi connectivity index (χ1v) is 10.4. The van der Waals surface area contributed by atoms with E-state index in [4.69, 9.17) is 4.74 Å². The number of nitrogens with zero attached hydrogens (tertiary/aromatic N) is 4. The van der Waals surface area contributed by atoms with Crippen LogP contribution in [0.2, 0.25) is 0 Å². The van der Waals surface area contributed by atoms with Gasteiger partial charge in [-0.3, -0.25) is 9.20 Å². The molecule has 0 unspecified atom stereocenters. The van der Waals surface area contributed by atoms with Crippen LogP contribution < -0.4 is 4.74 Å². The van der Waals surface area contributed by atoms with Crippen LogP contribution in [-0.4, -0.2) is 45.3 Å². The van der Waals surface area contributed by atoms with Gasteiger partial charge in [-0.2, -0.15) is 0 Å². The summed E-state index contributed by atoms with van der Waals surface area (Å²) in [5.74, 6) is 0.628. The van der Waals surface area contributed by atoms with Crippen molar-refractivity contribution in [3.8, 4) is 5.75 Å². The third-order valence-corrected chi connectivity index (χ3v) is 5.87. The summed E-state index contributed by atoms with van der Waals surface area (Å²) in [5.41, 5.74) is 3.63. The van der Waals surface area contributed by atoms with Gasteiger partial charge in [-0.15, -0.1) is 10.2 Å². The van der Waals surface area contributed by atoms with Gasteiger partial charge >= 0.3 is 0 Å². The molecule has 0 fully saturated rings. The molecule has 0 aliphatic heterocycles. The van der Waals surface area contributed by atoms with Crippen molar-refractivity contribution in [3.05, 3.63) is 65.5 Å². The maximum atomic E-state index is 13.1. The van der Waals surface area contributed by atoms with Crippen molar-refractivity contribution >= 4 is 34.2 Å². The Labute approximate surface area is 177 Å². The molecule has 2 heterocycles. The fraction of sp³-hybridized carbons (Fsp3) is 0.227. The molecule has 0 bridgehead atoms.